The molecular formula is C19H19N3O6. The molecule has 0 radical (unpaired) electrons. The third-order valence-electron chi connectivity index (χ3n) is 4.18. The molecule has 1 aromatic heterocycles. The van der Waals surface area contributed by atoms with Crippen molar-refractivity contribution in [3.63, 3.8) is 0 Å². The lowest BCUT2D eigenvalue weighted by Gasteiger charge is -2.26. The van der Waals surface area contributed by atoms with Gasteiger partial charge in [0.2, 0.25) is 5.56 Å². The molecule has 28 heavy (non-hydrogen) atoms. The number of pyridine rings is 1. The fraction of sp³-hybridized carbons (Fsp3) is 0.263. The number of para-hydroxylation sites is 1. The van der Waals surface area contributed by atoms with E-state index in [1.165, 1.54) is 0 Å². The number of aromatic amines is 1. The van der Waals surface area contributed by atoms with Crippen LogP contribution in [0, 0.1) is 0 Å². The molecule has 1 unspecified atom stereocenters. The minimum absolute atomic E-state index is 0.0888. The first-order valence-electron chi connectivity index (χ1n) is 8.67. The number of rotatable bonds is 5. The van der Waals surface area contributed by atoms with Gasteiger partial charge in [0, 0.05) is 17.0 Å². The fourth-order valence-electron chi connectivity index (χ4n) is 2.98. The van der Waals surface area contributed by atoms with Crippen LogP contribution in [0.25, 0.3) is 10.9 Å². The maximum Gasteiger partial charge on any atom is 0.339 e. The van der Waals surface area contributed by atoms with E-state index in [0.717, 1.165) is 6.07 Å². The van der Waals surface area contributed by atoms with Gasteiger partial charge in [0.15, 0.2) is 0 Å². The van der Waals surface area contributed by atoms with Crippen LogP contribution in [0.3, 0.4) is 0 Å². The topological polar surface area (TPSA) is 127 Å². The van der Waals surface area contributed by atoms with Gasteiger partial charge in [-0.2, -0.15) is 0 Å². The maximum absolute atomic E-state index is 12.6. The lowest BCUT2D eigenvalue weighted by atomic mass is 10.0. The minimum Gasteiger partial charge on any atom is -0.463 e. The molecule has 1 aromatic carbocycles. The Labute approximate surface area is 159 Å². The number of hydrogen-bond donors (Lipinski definition) is 3. The Bertz CT molecular complexity index is 1040. The van der Waals surface area contributed by atoms with Gasteiger partial charge in [-0.05, 0) is 19.9 Å². The van der Waals surface area contributed by atoms with Crippen molar-refractivity contribution >= 4 is 28.9 Å². The van der Waals surface area contributed by atoms with Crippen LogP contribution in [0.1, 0.15) is 24.2 Å². The van der Waals surface area contributed by atoms with Crippen molar-refractivity contribution in [3.8, 4) is 0 Å². The van der Waals surface area contributed by atoms with E-state index in [1.54, 1.807) is 38.1 Å². The van der Waals surface area contributed by atoms with Gasteiger partial charge in [0.25, 0.3) is 0 Å². The highest BCUT2D eigenvalue weighted by atomic mass is 16.5. The summed E-state index contributed by atoms with van der Waals surface area (Å²) in [6, 6.07) is 6.83. The molecule has 2 aromatic rings. The van der Waals surface area contributed by atoms with Gasteiger partial charge >= 0.3 is 18.0 Å². The summed E-state index contributed by atoms with van der Waals surface area (Å²) in [5, 5.41) is 5.55. The van der Waals surface area contributed by atoms with E-state index >= 15 is 0 Å². The molecule has 0 fully saturated rings. The van der Waals surface area contributed by atoms with Crippen molar-refractivity contribution in [3.05, 3.63) is 57.5 Å². The van der Waals surface area contributed by atoms with Gasteiger partial charge in [0.05, 0.1) is 29.5 Å². The van der Waals surface area contributed by atoms with Gasteiger partial charge in [-0.1, -0.05) is 18.2 Å². The van der Waals surface area contributed by atoms with E-state index in [0.29, 0.717) is 10.9 Å². The number of esters is 2. The van der Waals surface area contributed by atoms with Crippen LogP contribution in [0.15, 0.2) is 46.4 Å². The van der Waals surface area contributed by atoms with Gasteiger partial charge < -0.3 is 25.1 Å². The minimum atomic E-state index is -0.751. The van der Waals surface area contributed by atoms with Gasteiger partial charge in [-0.3, -0.25) is 4.79 Å². The number of nitrogens with one attached hydrogen (secondary N) is 3. The van der Waals surface area contributed by atoms with E-state index < -0.39 is 29.6 Å². The third kappa shape index (κ3) is 3.88. The van der Waals surface area contributed by atoms with E-state index in [1.807, 2.05) is 0 Å². The van der Waals surface area contributed by atoms with Gasteiger partial charge in [0.1, 0.15) is 6.61 Å². The Kier molecular flexibility index (Phi) is 5.44. The largest absolute Gasteiger partial charge is 0.463 e. The predicted octanol–water partition coefficient (Wildman–Crippen LogP) is 1.20. The molecule has 2 amide bonds. The number of carbonyl (C=O) groups excluding carboxylic acids is 3. The molecule has 1 atom stereocenters. The molecule has 0 spiro atoms. The molecule has 9 heteroatoms. The average molecular weight is 385 g/mol. The Morgan fingerprint density at radius 2 is 1.86 bits per heavy atom. The van der Waals surface area contributed by atoms with Crippen molar-refractivity contribution in [1.82, 2.24) is 15.6 Å². The summed E-state index contributed by atoms with van der Waals surface area (Å²) in [6.07, 6.45) is 0. The molecule has 0 aliphatic carbocycles. The number of aromatic nitrogens is 1. The molecule has 1 aliphatic rings. The van der Waals surface area contributed by atoms with Crippen LogP contribution in [0.5, 0.6) is 0 Å². The summed E-state index contributed by atoms with van der Waals surface area (Å²) >= 11 is 0. The number of amides is 2. The Morgan fingerprint density at radius 1 is 1.11 bits per heavy atom. The number of carbonyl (C=O) groups is 3. The average Bonchev–Trinajstić information content (AvgIpc) is 2.65. The van der Waals surface area contributed by atoms with Crippen molar-refractivity contribution in [1.29, 1.82) is 0 Å². The molecule has 0 saturated heterocycles. The lowest BCUT2D eigenvalue weighted by molar-refractivity contribution is -0.139. The molecule has 0 bridgehead atoms. The second kappa shape index (κ2) is 7.95. The molecule has 146 valence electrons. The zero-order chi connectivity index (χ0) is 20.3. The number of benzene rings is 1. The van der Waals surface area contributed by atoms with E-state index in [4.69, 9.17) is 9.47 Å². The molecule has 3 N–H and O–H groups in total. The monoisotopic (exact) mass is 385 g/mol. The smallest absolute Gasteiger partial charge is 0.339 e. The van der Waals surface area contributed by atoms with E-state index in [9.17, 15) is 19.2 Å². The number of H-pyrrole nitrogens is 1. The zero-order valence-electron chi connectivity index (χ0n) is 15.3. The van der Waals surface area contributed by atoms with Crippen molar-refractivity contribution in [2.45, 2.75) is 19.9 Å². The molecule has 0 saturated carbocycles. The Morgan fingerprint density at radius 3 is 2.61 bits per heavy atom. The molecule has 1 aliphatic heterocycles. The van der Waals surface area contributed by atoms with Crippen LogP contribution in [-0.2, 0) is 14.3 Å². The first-order chi connectivity index (χ1) is 13.4. The van der Waals surface area contributed by atoms with Crippen LogP contribution >= 0.6 is 0 Å². The summed E-state index contributed by atoms with van der Waals surface area (Å²) in [7, 11) is 0. The predicted molar refractivity (Wildman–Crippen MR) is 99.6 cm³/mol. The highest BCUT2D eigenvalue weighted by molar-refractivity contribution is 6.03. The van der Waals surface area contributed by atoms with Crippen molar-refractivity contribution in [2.24, 2.45) is 0 Å². The molecule has 2 heterocycles. The number of urea groups is 1. The standard InChI is InChI=1S/C19H19N3O6/c1-3-27-18(25)16-10(2)20-19(26)22-14(16)9-28-17(24)12-8-15(23)21-13-7-5-4-6-11(12)13/h4-8,10H,3,9H2,1-2H3,(H,21,23)(H2,20,22,26). The zero-order valence-corrected chi connectivity index (χ0v) is 15.3. The van der Waals surface area contributed by atoms with Gasteiger partial charge in [-0.25, -0.2) is 14.4 Å². The third-order valence-corrected chi connectivity index (χ3v) is 4.18. The van der Waals surface area contributed by atoms with Crippen LogP contribution < -0.4 is 16.2 Å². The normalized spacial score (nSPS) is 16.4. The number of ether oxygens (including phenoxy) is 2. The second-order valence-corrected chi connectivity index (χ2v) is 6.10. The highest BCUT2D eigenvalue weighted by Gasteiger charge is 2.30. The maximum atomic E-state index is 12.6. The van der Waals surface area contributed by atoms with Crippen LogP contribution in [0.2, 0.25) is 0 Å². The van der Waals surface area contributed by atoms with Crippen molar-refractivity contribution < 1.29 is 23.9 Å². The van der Waals surface area contributed by atoms with Crippen molar-refractivity contribution in [2.75, 3.05) is 13.2 Å². The van der Waals surface area contributed by atoms with Crippen LogP contribution in [-0.4, -0.2) is 42.2 Å². The van der Waals surface area contributed by atoms with Crippen LogP contribution in [0.4, 0.5) is 4.79 Å². The van der Waals surface area contributed by atoms with E-state index in [2.05, 4.69) is 15.6 Å². The van der Waals surface area contributed by atoms with E-state index in [-0.39, 0.29) is 30.0 Å². The molecule has 3 rings (SSSR count). The number of fused-ring (bicyclic) bond motifs is 1. The quantitative estimate of drug-likeness (QED) is 0.664. The Balaban J connectivity index is 1.88. The fourth-order valence-corrected chi connectivity index (χ4v) is 2.98. The highest BCUT2D eigenvalue weighted by Crippen LogP contribution is 2.18. The summed E-state index contributed by atoms with van der Waals surface area (Å²) in [4.78, 5) is 51.0. The SMILES string of the molecule is CCOC(=O)C1=C(COC(=O)c2cc(=O)[nH]c3ccccc23)NC(=O)NC1C. The molecular weight excluding hydrogens is 366 g/mol. The lowest BCUT2D eigenvalue weighted by Crippen LogP contribution is -2.50. The Hall–Kier alpha value is -3.62. The van der Waals surface area contributed by atoms with Gasteiger partial charge in [-0.15, -0.1) is 0 Å². The summed E-state index contributed by atoms with van der Waals surface area (Å²) in [6.45, 7) is 3.09. The first-order valence-corrected chi connectivity index (χ1v) is 8.67. The summed E-state index contributed by atoms with van der Waals surface area (Å²) in [5.41, 5.74) is 0.450. The second-order valence-electron chi connectivity index (χ2n) is 6.10. The summed E-state index contributed by atoms with van der Waals surface area (Å²) in [5.74, 6) is -1.37. The summed E-state index contributed by atoms with van der Waals surface area (Å²) < 4.78 is 10.3. The first kappa shape index (κ1) is 19.2. The molecule has 9 nitrogen and oxygen atoms in total. The number of hydrogen-bond acceptors (Lipinski definition) is 6.